The first kappa shape index (κ1) is 13.7. The van der Waals surface area contributed by atoms with Crippen LogP contribution in [0.1, 0.15) is 0 Å². The molecular formula is C17H14N8. The molecule has 8 heteroatoms. The van der Waals surface area contributed by atoms with Crippen molar-refractivity contribution in [1.82, 2.24) is 34.6 Å². The number of hydrogen-bond donors (Lipinski definition) is 2. The maximum absolute atomic E-state index is 4.60. The normalized spacial score (nSPS) is 11.4. The first-order valence-corrected chi connectivity index (χ1v) is 7.81. The minimum Gasteiger partial charge on any atom is -0.320 e. The molecule has 0 atom stereocenters. The van der Waals surface area contributed by atoms with Crippen molar-refractivity contribution < 1.29 is 0 Å². The Kier molecular flexibility index (Phi) is 2.84. The van der Waals surface area contributed by atoms with Crippen LogP contribution >= 0.6 is 0 Å². The van der Waals surface area contributed by atoms with Crippen LogP contribution in [-0.4, -0.2) is 34.6 Å². The van der Waals surface area contributed by atoms with Crippen molar-refractivity contribution in [3.8, 4) is 11.3 Å². The van der Waals surface area contributed by atoms with Crippen LogP contribution in [0.25, 0.3) is 27.8 Å². The van der Waals surface area contributed by atoms with Gasteiger partial charge in [0, 0.05) is 24.2 Å². The summed E-state index contributed by atoms with van der Waals surface area (Å²) in [5, 5.41) is 20.0. The zero-order chi connectivity index (χ0) is 16.8. The molecule has 0 saturated heterocycles. The Morgan fingerprint density at radius 1 is 1.12 bits per heavy atom. The van der Waals surface area contributed by atoms with E-state index in [2.05, 4.69) is 36.8 Å². The van der Waals surface area contributed by atoms with Gasteiger partial charge in [-0.2, -0.15) is 15.2 Å². The molecule has 0 aliphatic rings. The Bertz CT molecular complexity index is 1200. The van der Waals surface area contributed by atoms with Crippen LogP contribution in [0.5, 0.6) is 0 Å². The molecule has 0 radical (unpaired) electrons. The predicted octanol–water partition coefficient (Wildman–Crippen LogP) is 2.75. The van der Waals surface area contributed by atoms with Crippen LogP contribution in [0.4, 0.5) is 11.6 Å². The molecule has 5 aromatic rings. The molecular weight excluding hydrogens is 316 g/mol. The summed E-state index contributed by atoms with van der Waals surface area (Å²) in [5.74, 6) is 0.532. The molecule has 4 aromatic heterocycles. The van der Waals surface area contributed by atoms with Crippen molar-refractivity contribution >= 4 is 28.2 Å². The van der Waals surface area contributed by atoms with E-state index >= 15 is 0 Å². The fourth-order valence-electron chi connectivity index (χ4n) is 2.89. The summed E-state index contributed by atoms with van der Waals surface area (Å²) >= 11 is 0. The van der Waals surface area contributed by atoms with Gasteiger partial charge in [-0.15, -0.1) is 5.10 Å². The van der Waals surface area contributed by atoms with Crippen molar-refractivity contribution in [2.45, 2.75) is 0 Å². The van der Waals surface area contributed by atoms with Gasteiger partial charge in [0.25, 0.3) is 0 Å². The molecule has 0 fully saturated rings. The van der Waals surface area contributed by atoms with Gasteiger partial charge in [-0.3, -0.25) is 9.78 Å². The fraction of sp³-hybridized carbons (Fsp3) is 0.0588. The molecule has 0 spiro atoms. The van der Waals surface area contributed by atoms with Crippen LogP contribution < -0.4 is 5.32 Å². The Morgan fingerprint density at radius 3 is 2.96 bits per heavy atom. The number of hydrogen-bond acceptors (Lipinski definition) is 5. The van der Waals surface area contributed by atoms with Crippen LogP contribution in [0.2, 0.25) is 0 Å². The summed E-state index contributed by atoms with van der Waals surface area (Å²) in [5.41, 5.74) is 4.65. The number of pyridine rings is 1. The zero-order valence-electron chi connectivity index (χ0n) is 13.4. The highest BCUT2D eigenvalue weighted by Gasteiger charge is 2.10. The number of aromatic nitrogens is 7. The second-order valence-corrected chi connectivity index (χ2v) is 5.82. The Hall–Kier alpha value is -3.68. The predicted molar refractivity (Wildman–Crippen MR) is 94.6 cm³/mol. The van der Waals surface area contributed by atoms with Gasteiger partial charge < -0.3 is 5.32 Å². The van der Waals surface area contributed by atoms with Crippen molar-refractivity contribution in [1.29, 1.82) is 0 Å². The summed E-state index contributed by atoms with van der Waals surface area (Å²) in [4.78, 5) is 4.54. The number of aromatic amines is 1. The molecule has 2 N–H and O–H groups in total. The molecule has 122 valence electrons. The van der Waals surface area contributed by atoms with E-state index in [1.54, 1.807) is 10.9 Å². The molecule has 1 aromatic carbocycles. The van der Waals surface area contributed by atoms with E-state index in [9.17, 15) is 0 Å². The summed E-state index contributed by atoms with van der Waals surface area (Å²) in [6.07, 6.45) is 5.43. The third-order valence-corrected chi connectivity index (χ3v) is 4.06. The van der Waals surface area contributed by atoms with E-state index in [4.69, 9.17) is 0 Å². The van der Waals surface area contributed by atoms with E-state index in [1.165, 1.54) is 0 Å². The Labute approximate surface area is 142 Å². The van der Waals surface area contributed by atoms with Gasteiger partial charge in [0.15, 0.2) is 5.65 Å². The van der Waals surface area contributed by atoms with Gasteiger partial charge in [-0.1, -0.05) is 12.1 Å². The quantitative estimate of drug-likeness (QED) is 0.531. The highest BCUT2D eigenvalue weighted by Crippen LogP contribution is 2.24. The van der Waals surface area contributed by atoms with Gasteiger partial charge in [-0.05, 0) is 24.3 Å². The second kappa shape index (κ2) is 5.17. The average Bonchev–Trinajstić information content (AvgIpc) is 3.33. The van der Waals surface area contributed by atoms with E-state index in [1.807, 2.05) is 54.3 Å². The summed E-state index contributed by atoms with van der Waals surface area (Å²) in [7, 11) is 1.87. The SMILES string of the molecule is Cn1cc(Nc2nc3cccc(-c4ccc5[nH]ncc5c4)n3n2)cn1. The molecule has 0 aliphatic heterocycles. The van der Waals surface area contributed by atoms with Crippen molar-refractivity contribution in [3.63, 3.8) is 0 Å². The topological polar surface area (TPSA) is 88.7 Å². The van der Waals surface area contributed by atoms with Crippen molar-refractivity contribution in [3.05, 3.63) is 55.0 Å². The lowest BCUT2D eigenvalue weighted by Crippen LogP contribution is -1.95. The third kappa shape index (κ3) is 2.31. The maximum Gasteiger partial charge on any atom is 0.247 e. The number of nitrogens with zero attached hydrogens (tertiary/aromatic N) is 6. The number of nitrogens with one attached hydrogen (secondary N) is 2. The standard InChI is InChI=1S/C17H14N8/c1-24-10-13(9-19-24)20-17-21-16-4-2-3-15(25(16)23-17)11-5-6-14-12(7-11)8-18-22-14/h2-10H,1H3,(H,18,22)(H,20,23). The molecule has 4 heterocycles. The summed E-state index contributed by atoms with van der Waals surface area (Å²) < 4.78 is 3.56. The first-order valence-electron chi connectivity index (χ1n) is 7.81. The van der Waals surface area contributed by atoms with Crippen LogP contribution in [0, 0.1) is 0 Å². The fourth-order valence-corrected chi connectivity index (χ4v) is 2.89. The molecule has 0 amide bonds. The summed E-state index contributed by atoms with van der Waals surface area (Å²) in [6.45, 7) is 0. The number of rotatable bonds is 3. The molecule has 25 heavy (non-hydrogen) atoms. The smallest absolute Gasteiger partial charge is 0.247 e. The van der Waals surface area contributed by atoms with Gasteiger partial charge in [-0.25, -0.2) is 4.52 Å². The van der Waals surface area contributed by atoms with Crippen molar-refractivity contribution in [2.75, 3.05) is 5.32 Å². The lowest BCUT2D eigenvalue weighted by atomic mass is 10.1. The first-order chi connectivity index (χ1) is 12.3. The molecule has 0 aliphatic carbocycles. The highest BCUT2D eigenvalue weighted by atomic mass is 15.4. The molecule has 0 bridgehead atoms. The molecule has 5 rings (SSSR count). The van der Waals surface area contributed by atoms with Gasteiger partial charge in [0.2, 0.25) is 5.95 Å². The van der Waals surface area contributed by atoms with Gasteiger partial charge in [0.05, 0.1) is 29.3 Å². The zero-order valence-corrected chi connectivity index (χ0v) is 13.4. The van der Waals surface area contributed by atoms with Crippen LogP contribution in [-0.2, 0) is 7.05 Å². The molecule has 0 saturated carbocycles. The molecule has 0 unspecified atom stereocenters. The largest absolute Gasteiger partial charge is 0.320 e. The van der Waals surface area contributed by atoms with E-state index in [0.717, 1.165) is 33.5 Å². The van der Waals surface area contributed by atoms with Crippen molar-refractivity contribution in [2.24, 2.45) is 7.05 Å². The van der Waals surface area contributed by atoms with Gasteiger partial charge in [0.1, 0.15) is 0 Å². The van der Waals surface area contributed by atoms with Gasteiger partial charge >= 0.3 is 0 Å². The van der Waals surface area contributed by atoms with Crippen LogP contribution in [0.3, 0.4) is 0 Å². The third-order valence-electron chi connectivity index (χ3n) is 4.06. The minimum atomic E-state index is 0.532. The number of aryl methyl sites for hydroxylation is 1. The Balaban J connectivity index is 1.60. The summed E-state index contributed by atoms with van der Waals surface area (Å²) in [6, 6.07) is 12.1. The van der Waals surface area contributed by atoms with E-state index in [-0.39, 0.29) is 0 Å². The maximum atomic E-state index is 4.60. The highest BCUT2D eigenvalue weighted by molar-refractivity contribution is 5.83. The van der Waals surface area contributed by atoms with E-state index < -0.39 is 0 Å². The Morgan fingerprint density at radius 2 is 2.08 bits per heavy atom. The van der Waals surface area contributed by atoms with Crippen LogP contribution in [0.15, 0.2) is 55.0 Å². The number of fused-ring (bicyclic) bond motifs is 2. The minimum absolute atomic E-state index is 0.532. The lowest BCUT2D eigenvalue weighted by molar-refractivity contribution is 0.768. The molecule has 8 nitrogen and oxygen atoms in total. The number of anilines is 2. The monoisotopic (exact) mass is 330 g/mol. The van der Waals surface area contributed by atoms with E-state index in [0.29, 0.717) is 5.95 Å². The lowest BCUT2D eigenvalue weighted by Gasteiger charge is -2.04. The number of H-pyrrole nitrogens is 1. The second-order valence-electron chi connectivity index (χ2n) is 5.82. The average molecular weight is 330 g/mol. The number of benzene rings is 1.